The van der Waals surface area contributed by atoms with Gasteiger partial charge in [-0.05, 0) is 42.8 Å². The maximum absolute atomic E-state index is 13.2. The quantitative estimate of drug-likeness (QED) is 0.918. The highest BCUT2D eigenvalue weighted by Gasteiger charge is 2.21. The minimum absolute atomic E-state index is 0.103. The molecule has 1 aliphatic rings. The highest BCUT2D eigenvalue weighted by atomic mass is 19.1. The first-order chi connectivity index (χ1) is 12.5. The molecule has 1 aliphatic heterocycles. The van der Waals surface area contributed by atoms with Crippen LogP contribution in [0.4, 0.5) is 9.18 Å². The summed E-state index contributed by atoms with van der Waals surface area (Å²) in [4.78, 5) is 27.2. The number of carbonyl (C=O) groups excluding carboxylic acids is 2. The van der Waals surface area contributed by atoms with Crippen molar-refractivity contribution in [3.63, 3.8) is 0 Å². The Hall–Kier alpha value is -3.09. The molecule has 0 saturated carbocycles. The van der Waals surface area contributed by atoms with E-state index in [4.69, 9.17) is 10.5 Å². The van der Waals surface area contributed by atoms with Gasteiger partial charge >= 0.3 is 6.03 Å². The van der Waals surface area contributed by atoms with E-state index < -0.39 is 6.03 Å². The van der Waals surface area contributed by atoms with Gasteiger partial charge in [-0.3, -0.25) is 4.79 Å². The summed E-state index contributed by atoms with van der Waals surface area (Å²) in [5, 5.41) is 0. The Labute approximate surface area is 150 Å². The number of ether oxygens (including phenoxy) is 1. The normalized spacial score (nSPS) is 14.7. The molecule has 0 atom stereocenters. The lowest BCUT2D eigenvalue weighted by Gasteiger charge is -2.21. The van der Waals surface area contributed by atoms with Crippen molar-refractivity contribution >= 4 is 11.9 Å². The number of urea groups is 1. The SMILES string of the molecule is NC(=O)N1CCCN(C(=O)c2ccc(Oc3cccc(F)c3)cc2)CC1. The van der Waals surface area contributed by atoms with E-state index in [1.54, 1.807) is 46.2 Å². The smallest absolute Gasteiger partial charge is 0.314 e. The Kier molecular flexibility index (Phi) is 5.36. The number of hydrogen-bond acceptors (Lipinski definition) is 3. The van der Waals surface area contributed by atoms with Crippen molar-refractivity contribution in [3.8, 4) is 11.5 Å². The van der Waals surface area contributed by atoms with Gasteiger partial charge in [0.1, 0.15) is 17.3 Å². The molecule has 3 amide bonds. The van der Waals surface area contributed by atoms with Crippen LogP contribution in [0.5, 0.6) is 11.5 Å². The zero-order valence-corrected chi connectivity index (χ0v) is 14.2. The van der Waals surface area contributed by atoms with E-state index in [0.29, 0.717) is 49.7 Å². The maximum Gasteiger partial charge on any atom is 0.314 e. The van der Waals surface area contributed by atoms with Crippen LogP contribution in [0.2, 0.25) is 0 Å². The average Bonchev–Trinajstić information content (AvgIpc) is 2.88. The van der Waals surface area contributed by atoms with E-state index in [-0.39, 0.29) is 11.7 Å². The summed E-state index contributed by atoms with van der Waals surface area (Å²) in [6.07, 6.45) is 0.690. The molecule has 7 heteroatoms. The van der Waals surface area contributed by atoms with Gasteiger partial charge in [-0.25, -0.2) is 9.18 Å². The van der Waals surface area contributed by atoms with Crippen LogP contribution in [-0.4, -0.2) is 47.9 Å². The highest BCUT2D eigenvalue weighted by molar-refractivity contribution is 5.94. The molecule has 1 fully saturated rings. The molecule has 1 saturated heterocycles. The summed E-state index contributed by atoms with van der Waals surface area (Å²) < 4.78 is 18.8. The lowest BCUT2D eigenvalue weighted by atomic mass is 10.2. The predicted molar refractivity (Wildman–Crippen MR) is 94.6 cm³/mol. The molecule has 0 radical (unpaired) electrons. The average molecular weight is 357 g/mol. The summed E-state index contributed by atoms with van der Waals surface area (Å²) in [5.74, 6) is 0.431. The second kappa shape index (κ2) is 7.86. The third-order valence-electron chi connectivity index (χ3n) is 4.23. The first-order valence-electron chi connectivity index (χ1n) is 8.40. The molecule has 2 aromatic carbocycles. The van der Waals surface area contributed by atoms with Gasteiger partial charge in [0, 0.05) is 37.8 Å². The Morgan fingerprint density at radius 3 is 2.31 bits per heavy atom. The number of carbonyl (C=O) groups is 2. The van der Waals surface area contributed by atoms with Crippen LogP contribution in [0.15, 0.2) is 48.5 Å². The first-order valence-corrected chi connectivity index (χ1v) is 8.40. The summed E-state index contributed by atoms with van der Waals surface area (Å²) in [5.41, 5.74) is 5.84. The van der Waals surface area contributed by atoms with Crippen molar-refractivity contribution in [2.45, 2.75) is 6.42 Å². The van der Waals surface area contributed by atoms with Crippen LogP contribution in [0.3, 0.4) is 0 Å². The van der Waals surface area contributed by atoms with Crippen LogP contribution in [0.1, 0.15) is 16.8 Å². The molecule has 2 N–H and O–H groups in total. The zero-order chi connectivity index (χ0) is 18.5. The van der Waals surface area contributed by atoms with Gasteiger partial charge in [0.2, 0.25) is 0 Å². The molecule has 1 heterocycles. The number of nitrogens with two attached hydrogens (primary N) is 1. The molecule has 0 unspecified atom stereocenters. The molecule has 0 spiro atoms. The lowest BCUT2D eigenvalue weighted by Crippen LogP contribution is -2.39. The lowest BCUT2D eigenvalue weighted by molar-refractivity contribution is 0.0762. The van der Waals surface area contributed by atoms with Crippen molar-refractivity contribution in [1.29, 1.82) is 0 Å². The minimum Gasteiger partial charge on any atom is -0.457 e. The molecule has 0 aromatic heterocycles. The molecule has 6 nitrogen and oxygen atoms in total. The molecule has 26 heavy (non-hydrogen) atoms. The van der Waals surface area contributed by atoms with Gasteiger partial charge in [0.25, 0.3) is 5.91 Å². The molecular formula is C19H20FN3O3. The topological polar surface area (TPSA) is 75.9 Å². The van der Waals surface area contributed by atoms with Crippen molar-refractivity contribution in [1.82, 2.24) is 9.80 Å². The Balaban J connectivity index is 1.64. The minimum atomic E-state index is -0.460. The number of nitrogens with zero attached hydrogens (tertiary/aromatic N) is 2. The summed E-state index contributed by atoms with van der Waals surface area (Å²) in [7, 11) is 0. The van der Waals surface area contributed by atoms with Crippen LogP contribution in [-0.2, 0) is 0 Å². The monoisotopic (exact) mass is 357 g/mol. The number of halogens is 1. The van der Waals surface area contributed by atoms with E-state index in [0.717, 1.165) is 0 Å². The van der Waals surface area contributed by atoms with Crippen molar-refractivity contribution < 1.29 is 18.7 Å². The fraction of sp³-hybridized carbons (Fsp3) is 0.263. The van der Waals surface area contributed by atoms with Crippen LogP contribution in [0, 0.1) is 5.82 Å². The molecule has 3 rings (SSSR count). The molecule has 0 bridgehead atoms. The standard InChI is InChI=1S/C19H20FN3O3/c20-15-3-1-4-17(13-15)26-16-7-5-14(6-8-16)18(24)22-9-2-10-23(12-11-22)19(21)25/h1,3-8,13H,2,9-12H2,(H2,21,25). The number of amides is 3. The van der Waals surface area contributed by atoms with Gasteiger partial charge in [0.15, 0.2) is 0 Å². The molecular weight excluding hydrogens is 337 g/mol. The van der Waals surface area contributed by atoms with Gasteiger partial charge in [-0.1, -0.05) is 6.07 Å². The predicted octanol–water partition coefficient (Wildman–Crippen LogP) is 2.84. The van der Waals surface area contributed by atoms with Crippen molar-refractivity contribution in [2.75, 3.05) is 26.2 Å². The van der Waals surface area contributed by atoms with Crippen LogP contribution >= 0.6 is 0 Å². The van der Waals surface area contributed by atoms with Gasteiger partial charge in [-0.15, -0.1) is 0 Å². The van der Waals surface area contributed by atoms with Gasteiger partial charge in [-0.2, -0.15) is 0 Å². The number of rotatable bonds is 3. The second-order valence-electron chi connectivity index (χ2n) is 6.05. The van der Waals surface area contributed by atoms with E-state index in [2.05, 4.69) is 0 Å². The van der Waals surface area contributed by atoms with Crippen molar-refractivity contribution in [2.24, 2.45) is 5.73 Å². The molecule has 136 valence electrons. The summed E-state index contributed by atoms with van der Waals surface area (Å²) in [6, 6.07) is 12.1. The van der Waals surface area contributed by atoms with E-state index in [1.165, 1.54) is 12.1 Å². The molecule has 2 aromatic rings. The Morgan fingerprint density at radius 2 is 1.62 bits per heavy atom. The Bertz CT molecular complexity index is 795. The van der Waals surface area contributed by atoms with Gasteiger partial charge < -0.3 is 20.3 Å². The highest BCUT2D eigenvalue weighted by Crippen LogP contribution is 2.22. The first kappa shape index (κ1) is 17.7. The fourth-order valence-electron chi connectivity index (χ4n) is 2.86. The molecule has 0 aliphatic carbocycles. The van der Waals surface area contributed by atoms with E-state index in [1.807, 2.05) is 0 Å². The third kappa shape index (κ3) is 4.30. The second-order valence-corrected chi connectivity index (χ2v) is 6.05. The summed E-state index contributed by atoms with van der Waals surface area (Å²) >= 11 is 0. The largest absolute Gasteiger partial charge is 0.457 e. The fourth-order valence-corrected chi connectivity index (χ4v) is 2.86. The number of benzene rings is 2. The van der Waals surface area contributed by atoms with Crippen LogP contribution in [0.25, 0.3) is 0 Å². The van der Waals surface area contributed by atoms with Crippen LogP contribution < -0.4 is 10.5 Å². The van der Waals surface area contributed by atoms with E-state index in [9.17, 15) is 14.0 Å². The zero-order valence-electron chi connectivity index (χ0n) is 14.2. The number of primary amides is 1. The van der Waals surface area contributed by atoms with Crippen molar-refractivity contribution in [3.05, 3.63) is 59.9 Å². The summed E-state index contributed by atoms with van der Waals surface area (Å²) in [6.45, 7) is 2.01. The van der Waals surface area contributed by atoms with Gasteiger partial charge in [0.05, 0.1) is 0 Å². The Morgan fingerprint density at radius 1 is 0.923 bits per heavy atom. The third-order valence-corrected chi connectivity index (χ3v) is 4.23. The number of hydrogen-bond donors (Lipinski definition) is 1. The van der Waals surface area contributed by atoms with E-state index >= 15 is 0 Å². The maximum atomic E-state index is 13.2.